The van der Waals surface area contributed by atoms with Gasteiger partial charge in [-0.05, 0) is 62.2 Å². The first-order valence-corrected chi connectivity index (χ1v) is 12.9. The first-order valence-electron chi connectivity index (χ1n) is 11.4. The number of ether oxygens (including phenoxy) is 4. The lowest BCUT2D eigenvalue weighted by molar-refractivity contribution is -0.143. The van der Waals surface area contributed by atoms with Gasteiger partial charge in [-0.2, -0.15) is 4.31 Å². The van der Waals surface area contributed by atoms with Gasteiger partial charge in [0.05, 0.1) is 38.7 Å². The summed E-state index contributed by atoms with van der Waals surface area (Å²) in [5.41, 5.74) is 0.969. The number of nitrogens with zero attached hydrogens (tertiary/aromatic N) is 1. The lowest BCUT2D eigenvalue weighted by atomic mass is 10.1. The lowest BCUT2D eigenvalue weighted by Crippen LogP contribution is -2.35. The van der Waals surface area contributed by atoms with Gasteiger partial charge in [0, 0.05) is 19.2 Å². The van der Waals surface area contributed by atoms with E-state index in [1.54, 1.807) is 33.1 Å². The highest BCUT2D eigenvalue weighted by atomic mass is 32.2. The number of hydrogen-bond donors (Lipinski definition) is 0. The van der Waals surface area contributed by atoms with Crippen molar-refractivity contribution in [1.29, 1.82) is 0 Å². The maximum absolute atomic E-state index is 13.1. The van der Waals surface area contributed by atoms with Crippen LogP contribution in [0.5, 0.6) is 11.5 Å². The predicted octanol–water partition coefficient (Wildman–Crippen LogP) is 3.63. The average molecular weight is 522 g/mol. The molecule has 0 amide bonds. The minimum absolute atomic E-state index is 0.00810. The molecule has 2 aromatic carbocycles. The minimum atomic E-state index is -3.77. The van der Waals surface area contributed by atoms with Crippen LogP contribution in [0.15, 0.2) is 66.1 Å². The molecule has 9 nitrogen and oxygen atoms in total. The van der Waals surface area contributed by atoms with Crippen molar-refractivity contribution in [2.75, 3.05) is 40.5 Å². The molecule has 0 spiro atoms. The summed E-state index contributed by atoms with van der Waals surface area (Å²) in [5.74, 6) is 0.522. The molecular formula is C26H35NO8S. The van der Waals surface area contributed by atoms with E-state index in [1.807, 2.05) is 24.3 Å². The van der Waals surface area contributed by atoms with E-state index >= 15 is 0 Å². The topological polar surface area (TPSA) is 108 Å². The van der Waals surface area contributed by atoms with E-state index in [1.165, 1.54) is 23.5 Å². The molecule has 0 saturated heterocycles. The fourth-order valence-electron chi connectivity index (χ4n) is 2.95. The Balaban J connectivity index is 0.000000809. The van der Waals surface area contributed by atoms with Gasteiger partial charge in [0.1, 0.15) is 11.5 Å². The molecule has 0 aliphatic rings. The zero-order valence-corrected chi connectivity index (χ0v) is 22.1. The Hall–Kier alpha value is -3.37. The van der Waals surface area contributed by atoms with E-state index in [0.717, 1.165) is 17.4 Å². The Kier molecular flexibility index (Phi) is 13.9. The van der Waals surface area contributed by atoms with Gasteiger partial charge in [0.15, 0.2) is 0 Å². The molecule has 0 aliphatic heterocycles. The second kappa shape index (κ2) is 16.3. The highest BCUT2D eigenvalue weighted by molar-refractivity contribution is 7.89. The van der Waals surface area contributed by atoms with Crippen LogP contribution in [0.25, 0.3) is 0 Å². The number of hydrogen-bond acceptors (Lipinski definition) is 8. The summed E-state index contributed by atoms with van der Waals surface area (Å²) in [6.45, 7) is 7.63. The van der Waals surface area contributed by atoms with E-state index < -0.39 is 16.0 Å². The van der Waals surface area contributed by atoms with Gasteiger partial charge < -0.3 is 18.9 Å². The van der Waals surface area contributed by atoms with Gasteiger partial charge >= 0.3 is 11.9 Å². The summed E-state index contributed by atoms with van der Waals surface area (Å²) in [6.07, 6.45) is 1.64. The van der Waals surface area contributed by atoms with Crippen LogP contribution in [0.1, 0.15) is 25.8 Å². The molecule has 0 radical (unpaired) electrons. The summed E-state index contributed by atoms with van der Waals surface area (Å²) in [6, 6.07) is 13.6. The molecule has 0 saturated carbocycles. The third-order valence-electron chi connectivity index (χ3n) is 4.83. The van der Waals surface area contributed by atoms with Crippen molar-refractivity contribution in [3.05, 3.63) is 66.7 Å². The molecule has 0 aromatic heterocycles. The van der Waals surface area contributed by atoms with Crippen molar-refractivity contribution < 1.29 is 37.0 Å². The number of sulfonamides is 1. The van der Waals surface area contributed by atoms with Crippen molar-refractivity contribution in [2.24, 2.45) is 0 Å². The standard InChI is InChI=1S/C21H27NO6S.C5H8O2/c1-4-28-21(23)14-16-22(15-13-17-5-7-18(26-2)8-6-17)29(24,25)20-11-9-19(27-3)10-12-20;1-3-5(6)7-4-2/h5-12H,4,13-16H2,1-3H3;3H,1,4H2,2H3. The molecule has 0 atom stereocenters. The van der Waals surface area contributed by atoms with Gasteiger partial charge in [0.2, 0.25) is 10.0 Å². The molecule has 0 bridgehead atoms. The van der Waals surface area contributed by atoms with Gasteiger partial charge in [-0.15, -0.1) is 0 Å². The maximum atomic E-state index is 13.1. The summed E-state index contributed by atoms with van der Waals surface area (Å²) in [4.78, 5) is 22.0. The third-order valence-corrected chi connectivity index (χ3v) is 6.74. The van der Waals surface area contributed by atoms with Crippen molar-refractivity contribution in [3.8, 4) is 11.5 Å². The Morgan fingerprint density at radius 1 is 0.861 bits per heavy atom. The summed E-state index contributed by atoms with van der Waals surface area (Å²) < 4.78 is 47.2. The summed E-state index contributed by atoms with van der Waals surface area (Å²) in [5, 5.41) is 0. The SMILES string of the molecule is C=CC(=O)OCC.CCOC(=O)CCN(CCc1ccc(OC)cc1)S(=O)(=O)c1ccc(OC)cc1. The van der Waals surface area contributed by atoms with E-state index in [9.17, 15) is 18.0 Å². The van der Waals surface area contributed by atoms with Crippen LogP contribution in [-0.2, 0) is 35.5 Å². The molecule has 0 heterocycles. The predicted molar refractivity (Wildman–Crippen MR) is 137 cm³/mol. The quantitative estimate of drug-likeness (QED) is 0.290. The van der Waals surface area contributed by atoms with Crippen molar-refractivity contribution in [3.63, 3.8) is 0 Å². The van der Waals surface area contributed by atoms with E-state index in [4.69, 9.17) is 14.2 Å². The van der Waals surface area contributed by atoms with E-state index in [2.05, 4.69) is 11.3 Å². The molecule has 2 aromatic rings. The second-order valence-corrected chi connectivity index (χ2v) is 9.13. The van der Waals surface area contributed by atoms with Crippen LogP contribution in [0.2, 0.25) is 0 Å². The smallest absolute Gasteiger partial charge is 0.330 e. The molecule has 10 heteroatoms. The van der Waals surface area contributed by atoms with Gasteiger partial charge in [-0.1, -0.05) is 18.7 Å². The van der Waals surface area contributed by atoms with Crippen LogP contribution >= 0.6 is 0 Å². The van der Waals surface area contributed by atoms with Crippen LogP contribution in [-0.4, -0.2) is 65.2 Å². The molecule has 0 aliphatic carbocycles. The molecule has 36 heavy (non-hydrogen) atoms. The van der Waals surface area contributed by atoms with Gasteiger partial charge in [0.25, 0.3) is 0 Å². The van der Waals surface area contributed by atoms with Crippen molar-refractivity contribution >= 4 is 22.0 Å². The average Bonchev–Trinajstić information content (AvgIpc) is 2.89. The molecule has 0 fully saturated rings. The second-order valence-electron chi connectivity index (χ2n) is 7.19. The van der Waals surface area contributed by atoms with Crippen LogP contribution in [0, 0.1) is 0 Å². The zero-order chi connectivity index (χ0) is 27.0. The normalized spacial score (nSPS) is 10.6. The van der Waals surface area contributed by atoms with Crippen molar-refractivity contribution in [1.82, 2.24) is 4.31 Å². The van der Waals surface area contributed by atoms with E-state index in [0.29, 0.717) is 18.8 Å². The Morgan fingerprint density at radius 3 is 1.83 bits per heavy atom. The number of carbonyl (C=O) groups excluding carboxylic acids is 2. The van der Waals surface area contributed by atoms with E-state index in [-0.39, 0.29) is 37.0 Å². The highest BCUT2D eigenvalue weighted by Crippen LogP contribution is 2.21. The molecular weight excluding hydrogens is 486 g/mol. The number of carbonyl (C=O) groups is 2. The highest BCUT2D eigenvalue weighted by Gasteiger charge is 2.25. The minimum Gasteiger partial charge on any atom is -0.497 e. The van der Waals surface area contributed by atoms with Crippen LogP contribution in [0.3, 0.4) is 0 Å². The number of rotatable bonds is 13. The van der Waals surface area contributed by atoms with Gasteiger partial charge in [-0.25, -0.2) is 13.2 Å². The molecule has 0 unspecified atom stereocenters. The van der Waals surface area contributed by atoms with Gasteiger partial charge in [-0.3, -0.25) is 4.79 Å². The number of benzene rings is 2. The zero-order valence-electron chi connectivity index (χ0n) is 21.3. The maximum Gasteiger partial charge on any atom is 0.330 e. The molecule has 198 valence electrons. The fraction of sp³-hybridized carbons (Fsp3) is 0.385. The Bertz CT molecular complexity index is 1050. The Morgan fingerprint density at radius 2 is 1.39 bits per heavy atom. The lowest BCUT2D eigenvalue weighted by Gasteiger charge is -2.22. The Labute approximate surface area is 213 Å². The van der Waals surface area contributed by atoms with Crippen LogP contribution in [0.4, 0.5) is 0 Å². The molecule has 2 rings (SSSR count). The van der Waals surface area contributed by atoms with Crippen molar-refractivity contribution in [2.45, 2.75) is 31.6 Å². The summed E-state index contributed by atoms with van der Waals surface area (Å²) >= 11 is 0. The first kappa shape index (κ1) is 30.7. The number of esters is 2. The third kappa shape index (κ3) is 10.5. The molecule has 0 N–H and O–H groups in total. The fourth-order valence-corrected chi connectivity index (χ4v) is 4.39. The number of methoxy groups -OCH3 is 2. The summed E-state index contributed by atoms with van der Waals surface area (Å²) in [7, 11) is -0.666. The largest absolute Gasteiger partial charge is 0.497 e. The monoisotopic (exact) mass is 521 g/mol. The first-order chi connectivity index (χ1) is 17.2. The van der Waals surface area contributed by atoms with Crippen LogP contribution < -0.4 is 9.47 Å².